The number of nitrogens with one attached hydrogen (secondary N) is 1. The summed E-state index contributed by atoms with van der Waals surface area (Å²) in [5.74, 6) is -1.85. The monoisotopic (exact) mass is 363 g/mol. The molecule has 0 saturated carbocycles. The predicted octanol–water partition coefficient (Wildman–Crippen LogP) is 4.53. The zero-order valence-corrected chi connectivity index (χ0v) is 14.6. The van der Waals surface area contributed by atoms with Crippen molar-refractivity contribution in [2.45, 2.75) is 26.8 Å². The van der Waals surface area contributed by atoms with Gasteiger partial charge >= 0.3 is 0 Å². The highest BCUT2D eigenvalue weighted by Gasteiger charge is 2.08. The van der Waals surface area contributed by atoms with Crippen LogP contribution in [0.25, 0.3) is 6.08 Å². The minimum Gasteiger partial charge on any atom is -0.493 e. The van der Waals surface area contributed by atoms with Crippen molar-refractivity contribution in [3.05, 3.63) is 70.5 Å². The molecule has 0 aliphatic carbocycles. The summed E-state index contributed by atoms with van der Waals surface area (Å²) < 4.78 is 45.8. The molecule has 1 amide bonds. The van der Waals surface area contributed by atoms with Crippen LogP contribution in [-0.2, 0) is 11.3 Å². The second-order valence-electron chi connectivity index (χ2n) is 5.77. The molecule has 138 valence electrons. The van der Waals surface area contributed by atoms with Crippen LogP contribution in [0.15, 0.2) is 36.4 Å². The van der Waals surface area contributed by atoms with E-state index in [9.17, 15) is 18.0 Å². The molecule has 2 aromatic carbocycles. The van der Waals surface area contributed by atoms with Crippen molar-refractivity contribution in [2.75, 3.05) is 6.61 Å². The molecule has 1 N–H and O–H groups in total. The largest absolute Gasteiger partial charge is 0.493 e. The maximum absolute atomic E-state index is 13.5. The van der Waals surface area contributed by atoms with Gasteiger partial charge in [0, 0.05) is 29.8 Å². The lowest BCUT2D eigenvalue weighted by Crippen LogP contribution is -2.20. The van der Waals surface area contributed by atoms with Crippen LogP contribution in [0, 0.1) is 24.4 Å². The first-order valence-corrected chi connectivity index (χ1v) is 8.23. The Morgan fingerprint density at radius 2 is 1.85 bits per heavy atom. The molecular formula is C20H20F3NO2. The number of amides is 1. The first-order valence-electron chi connectivity index (χ1n) is 8.23. The number of halogens is 3. The Bertz CT molecular complexity index is 796. The highest BCUT2D eigenvalue weighted by molar-refractivity contribution is 5.92. The predicted molar refractivity (Wildman–Crippen MR) is 94.2 cm³/mol. The zero-order chi connectivity index (χ0) is 19.1. The Kier molecular flexibility index (Phi) is 6.83. The third-order valence-corrected chi connectivity index (χ3v) is 3.66. The van der Waals surface area contributed by atoms with Crippen LogP contribution in [-0.4, -0.2) is 12.5 Å². The van der Waals surface area contributed by atoms with Gasteiger partial charge in [0.1, 0.15) is 23.2 Å². The van der Waals surface area contributed by atoms with Gasteiger partial charge in [-0.3, -0.25) is 4.79 Å². The van der Waals surface area contributed by atoms with E-state index in [1.807, 2.05) is 6.92 Å². The normalized spacial score (nSPS) is 11.0. The van der Waals surface area contributed by atoms with Crippen LogP contribution >= 0.6 is 0 Å². The molecule has 0 unspecified atom stereocenters. The minimum absolute atomic E-state index is 0.0140. The van der Waals surface area contributed by atoms with Crippen molar-refractivity contribution in [3.8, 4) is 5.75 Å². The molecule has 0 radical (unpaired) electrons. The number of benzene rings is 2. The van der Waals surface area contributed by atoms with Gasteiger partial charge in [0.05, 0.1) is 6.61 Å². The summed E-state index contributed by atoms with van der Waals surface area (Å²) >= 11 is 0. The van der Waals surface area contributed by atoms with E-state index in [1.165, 1.54) is 49.4 Å². The molecule has 2 aromatic rings. The molecule has 0 bridgehead atoms. The average Bonchev–Trinajstić information content (AvgIpc) is 2.61. The average molecular weight is 363 g/mol. The fraction of sp³-hybridized carbons (Fsp3) is 0.250. The van der Waals surface area contributed by atoms with Crippen LogP contribution in [0.3, 0.4) is 0 Å². The van der Waals surface area contributed by atoms with Gasteiger partial charge in [-0.25, -0.2) is 13.2 Å². The number of ether oxygens (including phenoxy) is 1. The number of hydrogen-bond donors (Lipinski definition) is 1. The molecule has 26 heavy (non-hydrogen) atoms. The smallest absolute Gasteiger partial charge is 0.244 e. The first kappa shape index (κ1) is 19.6. The van der Waals surface area contributed by atoms with Crippen molar-refractivity contribution in [1.82, 2.24) is 5.32 Å². The van der Waals surface area contributed by atoms with Gasteiger partial charge in [-0.15, -0.1) is 0 Å². The highest BCUT2D eigenvalue weighted by Crippen LogP contribution is 2.21. The van der Waals surface area contributed by atoms with E-state index < -0.39 is 23.4 Å². The van der Waals surface area contributed by atoms with Crippen LogP contribution in [0.1, 0.15) is 30.0 Å². The van der Waals surface area contributed by atoms with Crippen molar-refractivity contribution < 1.29 is 22.7 Å². The van der Waals surface area contributed by atoms with Crippen molar-refractivity contribution in [1.29, 1.82) is 0 Å². The summed E-state index contributed by atoms with van der Waals surface area (Å²) in [5.41, 5.74) is 0.819. The van der Waals surface area contributed by atoms with Crippen molar-refractivity contribution in [3.63, 3.8) is 0 Å². The topological polar surface area (TPSA) is 38.3 Å². The van der Waals surface area contributed by atoms with E-state index in [4.69, 9.17) is 4.74 Å². The van der Waals surface area contributed by atoms with E-state index in [-0.39, 0.29) is 12.1 Å². The summed E-state index contributed by atoms with van der Waals surface area (Å²) in [6, 6.07) is 6.40. The molecule has 0 aliphatic rings. The summed E-state index contributed by atoms with van der Waals surface area (Å²) in [4.78, 5) is 11.9. The van der Waals surface area contributed by atoms with E-state index in [1.54, 1.807) is 0 Å². The van der Waals surface area contributed by atoms with Crippen LogP contribution in [0.4, 0.5) is 13.2 Å². The summed E-state index contributed by atoms with van der Waals surface area (Å²) in [6.45, 7) is 3.69. The fourth-order valence-electron chi connectivity index (χ4n) is 2.20. The van der Waals surface area contributed by atoms with Crippen molar-refractivity contribution in [2.24, 2.45) is 0 Å². The Morgan fingerprint density at radius 3 is 2.50 bits per heavy atom. The van der Waals surface area contributed by atoms with Crippen LogP contribution < -0.4 is 10.1 Å². The molecule has 0 aromatic heterocycles. The molecule has 6 heteroatoms. The molecule has 0 saturated heterocycles. The van der Waals surface area contributed by atoms with Gasteiger partial charge < -0.3 is 10.1 Å². The number of carbonyl (C=O) groups excluding carboxylic acids is 1. The third kappa shape index (κ3) is 5.37. The standard InChI is InChI=1S/C20H20F3NO2/c1-3-8-26-19-11-16(21)6-4-15(19)5-7-20(25)24-12-14-9-17(22)13(2)18(23)10-14/h4-7,9-11H,3,8,12H2,1-2H3,(H,24,25)/b7-5+. The van der Waals surface area contributed by atoms with Gasteiger partial charge in [-0.05, 0) is 49.2 Å². The quantitative estimate of drug-likeness (QED) is 0.734. The molecule has 0 heterocycles. The maximum atomic E-state index is 13.5. The Hall–Kier alpha value is -2.76. The Morgan fingerprint density at radius 1 is 1.15 bits per heavy atom. The zero-order valence-electron chi connectivity index (χ0n) is 14.6. The second-order valence-corrected chi connectivity index (χ2v) is 5.77. The van der Waals surface area contributed by atoms with Gasteiger partial charge in [-0.2, -0.15) is 0 Å². The summed E-state index contributed by atoms with van der Waals surface area (Å²) in [6.07, 6.45) is 3.52. The molecule has 3 nitrogen and oxygen atoms in total. The summed E-state index contributed by atoms with van der Waals surface area (Å²) in [7, 11) is 0. The molecule has 0 aliphatic heterocycles. The first-order chi connectivity index (χ1) is 12.4. The van der Waals surface area contributed by atoms with E-state index in [0.29, 0.717) is 23.5 Å². The fourth-order valence-corrected chi connectivity index (χ4v) is 2.20. The highest BCUT2D eigenvalue weighted by atomic mass is 19.1. The van der Waals surface area contributed by atoms with E-state index in [2.05, 4.69) is 5.32 Å². The molecule has 0 fully saturated rings. The maximum Gasteiger partial charge on any atom is 0.244 e. The van der Waals surface area contributed by atoms with E-state index in [0.717, 1.165) is 6.42 Å². The van der Waals surface area contributed by atoms with Crippen LogP contribution in [0.2, 0.25) is 0 Å². The van der Waals surface area contributed by atoms with Gasteiger partial charge in [-0.1, -0.05) is 6.92 Å². The molecule has 0 spiro atoms. The third-order valence-electron chi connectivity index (χ3n) is 3.66. The second kappa shape index (κ2) is 9.08. The summed E-state index contributed by atoms with van der Waals surface area (Å²) in [5, 5.41) is 2.54. The minimum atomic E-state index is -0.659. The Balaban J connectivity index is 2.01. The SMILES string of the molecule is CCCOc1cc(F)ccc1/C=C/C(=O)NCc1cc(F)c(C)c(F)c1. The number of carbonyl (C=O) groups is 1. The van der Waals surface area contributed by atoms with Crippen molar-refractivity contribution >= 4 is 12.0 Å². The lowest BCUT2D eigenvalue weighted by molar-refractivity contribution is -0.116. The van der Waals surface area contributed by atoms with Gasteiger partial charge in [0.2, 0.25) is 5.91 Å². The van der Waals surface area contributed by atoms with Gasteiger partial charge in [0.25, 0.3) is 0 Å². The van der Waals surface area contributed by atoms with Gasteiger partial charge in [0.15, 0.2) is 0 Å². The molecular weight excluding hydrogens is 343 g/mol. The molecule has 0 atom stereocenters. The Labute approximate surface area is 150 Å². The lowest BCUT2D eigenvalue weighted by atomic mass is 10.1. The number of hydrogen-bond acceptors (Lipinski definition) is 2. The number of rotatable bonds is 7. The van der Waals surface area contributed by atoms with E-state index >= 15 is 0 Å². The lowest BCUT2D eigenvalue weighted by Gasteiger charge is -2.08. The molecule has 2 rings (SSSR count). The van der Waals surface area contributed by atoms with Crippen LogP contribution in [0.5, 0.6) is 5.75 Å².